The Hall–Kier alpha value is -1.10. The summed E-state index contributed by atoms with van der Waals surface area (Å²) >= 11 is 0. The SMILES string of the molecule is O=C(CN1CCNCC1=O)NCC1CC1. The zero-order valence-corrected chi connectivity index (χ0v) is 8.79. The molecule has 5 nitrogen and oxygen atoms in total. The van der Waals surface area contributed by atoms with Crippen molar-refractivity contribution >= 4 is 11.8 Å². The van der Waals surface area contributed by atoms with E-state index in [0.29, 0.717) is 19.0 Å². The Morgan fingerprint density at radius 1 is 1.53 bits per heavy atom. The Morgan fingerprint density at radius 3 is 3.00 bits per heavy atom. The van der Waals surface area contributed by atoms with Gasteiger partial charge in [-0.1, -0.05) is 0 Å². The number of nitrogens with one attached hydrogen (secondary N) is 2. The van der Waals surface area contributed by atoms with Gasteiger partial charge in [0.25, 0.3) is 0 Å². The first-order valence-corrected chi connectivity index (χ1v) is 5.51. The maximum absolute atomic E-state index is 11.5. The molecule has 0 atom stereocenters. The summed E-state index contributed by atoms with van der Waals surface area (Å²) in [5.74, 6) is 0.674. The van der Waals surface area contributed by atoms with E-state index < -0.39 is 0 Å². The Labute approximate surface area is 89.2 Å². The fourth-order valence-corrected chi connectivity index (χ4v) is 1.62. The van der Waals surface area contributed by atoms with Gasteiger partial charge >= 0.3 is 0 Å². The molecule has 1 aliphatic heterocycles. The van der Waals surface area contributed by atoms with Gasteiger partial charge in [0.05, 0.1) is 13.1 Å². The average Bonchev–Trinajstić information content (AvgIpc) is 3.02. The summed E-state index contributed by atoms with van der Waals surface area (Å²) in [6, 6.07) is 0. The lowest BCUT2D eigenvalue weighted by atomic mass is 10.3. The molecule has 1 aliphatic carbocycles. The molecule has 0 aromatic carbocycles. The summed E-state index contributed by atoms with van der Waals surface area (Å²) in [6.07, 6.45) is 2.46. The van der Waals surface area contributed by atoms with Gasteiger partial charge in [0.1, 0.15) is 0 Å². The molecule has 2 fully saturated rings. The van der Waals surface area contributed by atoms with Gasteiger partial charge in [0.2, 0.25) is 11.8 Å². The van der Waals surface area contributed by atoms with Gasteiger partial charge in [-0.3, -0.25) is 9.59 Å². The van der Waals surface area contributed by atoms with Gasteiger partial charge < -0.3 is 15.5 Å². The summed E-state index contributed by atoms with van der Waals surface area (Å²) < 4.78 is 0. The van der Waals surface area contributed by atoms with Crippen LogP contribution in [-0.2, 0) is 9.59 Å². The number of piperazine rings is 1. The van der Waals surface area contributed by atoms with Crippen molar-refractivity contribution in [1.29, 1.82) is 0 Å². The quantitative estimate of drug-likeness (QED) is 0.623. The zero-order chi connectivity index (χ0) is 10.7. The van der Waals surface area contributed by atoms with Crippen molar-refractivity contribution in [3.63, 3.8) is 0 Å². The van der Waals surface area contributed by atoms with Crippen LogP contribution in [0.25, 0.3) is 0 Å². The first-order chi connectivity index (χ1) is 7.25. The van der Waals surface area contributed by atoms with E-state index in [2.05, 4.69) is 10.6 Å². The molecule has 0 aromatic rings. The number of amides is 2. The highest BCUT2D eigenvalue weighted by atomic mass is 16.2. The lowest BCUT2D eigenvalue weighted by Gasteiger charge is -2.26. The minimum absolute atomic E-state index is 0.0165. The van der Waals surface area contributed by atoms with Gasteiger partial charge in [-0.15, -0.1) is 0 Å². The number of nitrogens with zero attached hydrogens (tertiary/aromatic N) is 1. The predicted octanol–water partition coefficient (Wildman–Crippen LogP) is -1.06. The molecule has 5 heteroatoms. The summed E-state index contributed by atoms with van der Waals surface area (Å²) in [5, 5.41) is 5.83. The predicted molar refractivity (Wildman–Crippen MR) is 55.2 cm³/mol. The molecular weight excluding hydrogens is 194 g/mol. The second-order valence-corrected chi connectivity index (χ2v) is 4.24. The third-order valence-corrected chi connectivity index (χ3v) is 2.81. The Morgan fingerprint density at radius 2 is 2.33 bits per heavy atom. The van der Waals surface area contributed by atoms with Crippen molar-refractivity contribution < 1.29 is 9.59 Å². The van der Waals surface area contributed by atoms with Crippen LogP contribution in [0.1, 0.15) is 12.8 Å². The number of rotatable bonds is 4. The summed E-state index contributed by atoms with van der Waals surface area (Å²) in [5.41, 5.74) is 0. The van der Waals surface area contributed by atoms with Crippen molar-refractivity contribution in [2.24, 2.45) is 5.92 Å². The van der Waals surface area contributed by atoms with Crippen LogP contribution in [0.4, 0.5) is 0 Å². The summed E-state index contributed by atoms with van der Waals surface area (Å²) in [6.45, 7) is 2.76. The largest absolute Gasteiger partial charge is 0.354 e. The average molecular weight is 211 g/mol. The molecule has 2 aliphatic rings. The smallest absolute Gasteiger partial charge is 0.239 e. The van der Waals surface area contributed by atoms with E-state index in [0.717, 1.165) is 13.1 Å². The second kappa shape index (κ2) is 4.61. The van der Waals surface area contributed by atoms with Crippen LogP contribution in [-0.4, -0.2) is 49.4 Å². The number of hydrogen-bond donors (Lipinski definition) is 2. The van der Waals surface area contributed by atoms with Crippen LogP contribution in [0, 0.1) is 5.92 Å². The molecule has 1 saturated heterocycles. The van der Waals surface area contributed by atoms with E-state index in [1.807, 2.05) is 0 Å². The molecule has 0 unspecified atom stereocenters. The molecule has 2 amide bonds. The number of hydrogen-bond acceptors (Lipinski definition) is 3. The fraction of sp³-hybridized carbons (Fsp3) is 0.800. The lowest BCUT2D eigenvalue weighted by molar-refractivity contribution is -0.136. The van der Waals surface area contributed by atoms with Gasteiger partial charge in [0, 0.05) is 19.6 Å². The van der Waals surface area contributed by atoms with Crippen LogP contribution in [0.5, 0.6) is 0 Å². The van der Waals surface area contributed by atoms with Crippen LogP contribution >= 0.6 is 0 Å². The highest BCUT2D eigenvalue weighted by molar-refractivity contribution is 5.86. The van der Waals surface area contributed by atoms with Crippen molar-refractivity contribution in [3.05, 3.63) is 0 Å². The van der Waals surface area contributed by atoms with E-state index in [9.17, 15) is 9.59 Å². The molecule has 0 radical (unpaired) electrons. The lowest BCUT2D eigenvalue weighted by Crippen LogP contribution is -2.51. The van der Waals surface area contributed by atoms with Crippen LogP contribution in [0.3, 0.4) is 0 Å². The van der Waals surface area contributed by atoms with E-state index in [1.165, 1.54) is 12.8 Å². The highest BCUT2D eigenvalue weighted by Gasteiger charge is 2.23. The zero-order valence-electron chi connectivity index (χ0n) is 8.79. The maximum atomic E-state index is 11.5. The second-order valence-electron chi connectivity index (χ2n) is 4.24. The molecule has 2 N–H and O–H groups in total. The third-order valence-electron chi connectivity index (χ3n) is 2.81. The molecule has 2 rings (SSSR count). The van der Waals surface area contributed by atoms with Crippen molar-refractivity contribution in [1.82, 2.24) is 15.5 Å². The third kappa shape index (κ3) is 3.20. The van der Waals surface area contributed by atoms with Crippen LogP contribution in [0.15, 0.2) is 0 Å². The van der Waals surface area contributed by atoms with Crippen molar-refractivity contribution in [2.45, 2.75) is 12.8 Å². The number of carbonyl (C=O) groups excluding carboxylic acids is 2. The van der Waals surface area contributed by atoms with Crippen LogP contribution < -0.4 is 10.6 Å². The Bertz CT molecular complexity index is 263. The molecule has 0 bridgehead atoms. The van der Waals surface area contributed by atoms with E-state index >= 15 is 0 Å². The Kier molecular flexibility index (Phi) is 3.20. The minimum atomic E-state index is -0.0304. The molecule has 0 spiro atoms. The minimum Gasteiger partial charge on any atom is -0.354 e. The summed E-state index contributed by atoms with van der Waals surface area (Å²) in [7, 11) is 0. The van der Waals surface area contributed by atoms with Crippen molar-refractivity contribution in [3.8, 4) is 0 Å². The monoisotopic (exact) mass is 211 g/mol. The molecular formula is C10H17N3O2. The standard InChI is InChI=1S/C10H17N3O2/c14-9(12-5-8-1-2-8)7-13-4-3-11-6-10(13)15/h8,11H,1-7H2,(H,12,14). The van der Waals surface area contributed by atoms with Crippen molar-refractivity contribution in [2.75, 3.05) is 32.7 Å². The van der Waals surface area contributed by atoms with E-state index in [1.54, 1.807) is 4.90 Å². The van der Waals surface area contributed by atoms with Gasteiger partial charge in [0.15, 0.2) is 0 Å². The topological polar surface area (TPSA) is 61.4 Å². The first-order valence-electron chi connectivity index (χ1n) is 5.51. The van der Waals surface area contributed by atoms with Gasteiger partial charge in [-0.05, 0) is 18.8 Å². The maximum Gasteiger partial charge on any atom is 0.239 e. The van der Waals surface area contributed by atoms with Gasteiger partial charge in [-0.2, -0.15) is 0 Å². The molecule has 1 saturated carbocycles. The normalized spacial score (nSPS) is 21.6. The summed E-state index contributed by atoms with van der Waals surface area (Å²) in [4.78, 5) is 24.4. The molecule has 1 heterocycles. The van der Waals surface area contributed by atoms with E-state index in [4.69, 9.17) is 0 Å². The molecule has 0 aromatic heterocycles. The Balaban J connectivity index is 1.69. The first kappa shape index (κ1) is 10.4. The van der Waals surface area contributed by atoms with Crippen LogP contribution in [0.2, 0.25) is 0 Å². The number of carbonyl (C=O) groups is 2. The van der Waals surface area contributed by atoms with Gasteiger partial charge in [-0.25, -0.2) is 0 Å². The fourth-order valence-electron chi connectivity index (χ4n) is 1.62. The molecule has 15 heavy (non-hydrogen) atoms. The highest BCUT2D eigenvalue weighted by Crippen LogP contribution is 2.27. The van der Waals surface area contributed by atoms with E-state index in [-0.39, 0.29) is 18.4 Å². The molecule has 84 valence electrons.